The van der Waals surface area contributed by atoms with Gasteiger partial charge in [-0.25, -0.2) is 14.8 Å². The molecule has 1 aliphatic rings. The van der Waals surface area contributed by atoms with E-state index in [9.17, 15) is 4.79 Å². The number of aryl methyl sites for hydroxylation is 1. The number of hydrogen-bond donors (Lipinski definition) is 1. The Kier molecular flexibility index (Phi) is 5.04. The van der Waals surface area contributed by atoms with E-state index in [0.717, 1.165) is 43.7 Å². The topological polar surface area (TPSA) is 58.1 Å². The highest BCUT2D eigenvalue weighted by Gasteiger charge is 2.26. The van der Waals surface area contributed by atoms with Gasteiger partial charge in [0.05, 0.1) is 28.5 Å². The third kappa shape index (κ3) is 3.64. The van der Waals surface area contributed by atoms with E-state index in [-0.39, 0.29) is 6.03 Å². The molecule has 0 saturated carbocycles. The second-order valence-corrected chi connectivity index (χ2v) is 7.06. The molecule has 0 aromatic carbocycles. The largest absolute Gasteiger partial charge is 0.332 e. The number of carbonyl (C=O) groups is 1. The van der Waals surface area contributed by atoms with Gasteiger partial charge < -0.3 is 10.2 Å². The molecule has 7 heteroatoms. The van der Waals surface area contributed by atoms with Gasteiger partial charge >= 0.3 is 6.03 Å². The van der Waals surface area contributed by atoms with Gasteiger partial charge in [0.2, 0.25) is 0 Å². The van der Waals surface area contributed by atoms with Crippen LogP contribution in [-0.2, 0) is 13.0 Å². The zero-order valence-electron chi connectivity index (χ0n) is 12.6. The molecule has 3 rings (SSSR count). The standard InChI is InChI=1S/C15H20N4OS2/c1-2-12-9-22-14(18-12)11-4-3-5-19(7-11)15(20)16-6-13-8-21-10-17-13/h8-11H,2-7H2,1H3,(H,16,20). The second-order valence-electron chi connectivity index (χ2n) is 5.45. The van der Waals surface area contributed by atoms with Gasteiger partial charge in [-0.15, -0.1) is 22.7 Å². The minimum atomic E-state index is 0.00460. The predicted octanol–water partition coefficient (Wildman–Crippen LogP) is 3.25. The molecule has 3 heterocycles. The molecule has 0 aliphatic carbocycles. The van der Waals surface area contributed by atoms with Gasteiger partial charge in [0.15, 0.2) is 0 Å². The Morgan fingerprint density at radius 1 is 1.45 bits per heavy atom. The Hall–Kier alpha value is -1.47. The quantitative estimate of drug-likeness (QED) is 0.932. The number of piperidine rings is 1. The molecule has 0 bridgehead atoms. The lowest BCUT2D eigenvalue weighted by molar-refractivity contribution is 0.179. The first-order valence-corrected chi connectivity index (χ1v) is 9.42. The van der Waals surface area contributed by atoms with Crippen LogP contribution in [0.25, 0.3) is 0 Å². The molecule has 5 nitrogen and oxygen atoms in total. The molecule has 0 spiro atoms. The van der Waals surface area contributed by atoms with Gasteiger partial charge in [-0.05, 0) is 19.3 Å². The van der Waals surface area contributed by atoms with Crippen molar-refractivity contribution in [1.29, 1.82) is 0 Å². The molecular formula is C15H20N4OS2. The van der Waals surface area contributed by atoms with Crippen molar-refractivity contribution >= 4 is 28.7 Å². The van der Waals surface area contributed by atoms with Crippen molar-refractivity contribution in [3.05, 3.63) is 32.7 Å². The van der Waals surface area contributed by atoms with Crippen LogP contribution in [0.4, 0.5) is 4.79 Å². The number of carbonyl (C=O) groups excluding carboxylic acids is 1. The van der Waals surface area contributed by atoms with Crippen LogP contribution in [0.5, 0.6) is 0 Å². The van der Waals surface area contributed by atoms with Crippen molar-refractivity contribution in [2.24, 2.45) is 0 Å². The molecule has 1 N–H and O–H groups in total. The SMILES string of the molecule is CCc1csc(C2CCCN(C(=O)NCc3cscn3)C2)n1. The molecule has 1 atom stereocenters. The van der Waals surface area contributed by atoms with Crippen LogP contribution in [0.2, 0.25) is 0 Å². The fourth-order valence-corrected chi connectivity index (χ4v) is 4.23. The Morgan fingerprint density at radius 3 is 3.09 bits per heavy atom. The number of nitrogens with one attached hydrogen (secondary N) is 1. The van der Waals surface area contributed by atoms with Crippen LogP contribution in [0.3, 0.4) is 0 Å². The Balaban J connectivity index is 1.56. The Labute approximate surface area is 138 Å². The minimum absolute atomic E-state index is 0.00460. The highest BCUT2D eigenvalue weighted by atomic mass is 32.1. The molecular weight excluding hydrogens is 316 g/mol. The van der Waals surface area contributed by atoms with Gasteiger partial charge in [-0.2, -0.15) is 0 Å². The van der Waals surface area contributed by atoms with Crippen molar-refractivity contribution in [1.82, 2.24) is 20.2 Å². The van der Waals surface area contributed by atoms with E-state index in [1.54, 1.807) is 28.2 Å². The summed E-state index contributed by atoms with van der Waals surface area (Å²) in [5.41, 5.74) is 3.86. The smallest absolute Gasteiger partial charge is 0.317 e. The maximum absolute atomic E-state index is 12.3. The van der Waals surface area contributed by atoms with Gasteiger partial charge in [0, 0.05) is 29.8 Å². The maximum atomic E-state index is 12.3. The summed E-state index contributed by atoms with van der Waals surface area (Å²) in [4.78, 5) is 23.1. The van der Waals surface area contributed by atoms with Crippen LogP contribution in [0, 0.1) is 0 Å². The number of amides is 2. The molecule has 2 aromatic rings. The molecule has 1 saturated heterocycles. The summed E-state index contributed by atoms with van der Waals surface area (Å²) in [6.07, 6.45) is 3.13. The van der Waals surface area contributed by atoms with Crippen LogP contribution in [0.1, 0.15) is 42.1 Å². The number of urea groups is 1. The summed E-state index contributed by atoms with van der Waals surface area (Å²) in [7, 11) is 0. The van der Waals surface area contributed by atoms with Crippen molar-refractivity contribution in [2.75, 3.05) is 13.1 Å². The molecule has 2 aromatic heterocycles. The molecule has 2 amide bonds. The summed E-state index contributed by atoms with van der Waals surface area (Å²) < 4.78 is 0. The van der Waals surface area contributed by atoms with Crippen LogP contribution < -0.4 is 5.32 Å². The van der Waals surface area contributed by atoms with E-state index in [0.29, 0.717) is 12.5 Å². The molecule has 1 aliphatic heterocycles. The number of rotatable bonds is 4. The van der Waals surface area contributed by atoms with Gasteiger partial charge in [-0.1, -0.05) is 6.92 Å². The highest BCUT2D eigenvalue weighted by molar-refractivity contribution is 7.09. The first-order chi connectivity index (χ1) is 10.8. The van der Waals surface area contributed by atoms with E-state index >= 15 is 0 Å². The molecule has 0 radical (unpaired) electrons. The second kappa shape index (κ2) is 7.19. The normalized spacial score (nSPS) is 18.4. The van der Waals surface area contributed by atoms with Crippen LogP contribution in [0.15, 0.2) is 16.3 Å². The number of nitrogens with zero attached hydrogens (tertiary/aromatic N) is 3. The third-order valence-electron chi connectivity index (χ3n) is 3.89. The summed E-state index contributed by atoms with van der Waals surface area (Å²) in [6, 6.07) is 0.00460. The average Bonchev–Trinajstić information content (AvgIpc) is 3.24. The lowest BCUT2D eigenvalue weighted by atomic mass is 9.99. The number of aromatic nitrogens is 2. The Bertz CT molecular complexity index is 611. The van der Waals surface area contributed by atoms with Crippen molar-refractivity contribution in [3.63, 3.8) is 0 Å². The Morgan fingerprint density at radius 2 is 2.36 bits per heavy atom. The number of likely N-dealkylation sites (tertiary alicyclic amines) is 1. The highest BCUT2D eigenvalue weighted by Crippen LogP contribution is 2.29. The van der Waals surface area contributed by atoms with E-state index in [1.807, 2.05) is 10.3 Å². The minimum Gasteiger partial charge on any atom is -0.332 e. The summed E-state index contributed by atoms with van der Waals surface area (Å²) in [6.45, 7) is 4.21. The number of hydrogen-bond acceptors (Lipinski definition) is 5. The monoisotopic (exact) mass is 336 g/mol. The van der Waals surface area contributed by atoms with Crippen molar-refractivity contribution < 1.29 is 4.79 Å². The molecule has 1 fully saturated rings. The van der Waals surface area contributed by atoms with E-state index < -0.39 is 0 Å². The fraction of sp³-hybridized carbons (Fsp3) is 0.533. The van der Waals surface area contributed by atoms with E-state index in [1.165, 1.54) is 5.01 Å². The van der Waals surface area contributed by atoms with Crippen LogP contribution in [-0.4, -0.2) is 34.0 Å². The molecule has 1 unspecified atom stereocenters. The first kappa shape index (κ1) is 15.4. The zero-order valence-corrected chi connectivity index (χ0v) is 14.3. The summed E-state index contributed by atoms with van der Waals surface area (Å²) in [5.74, 6) is 0.379. The summed E-state index contributed by atoms with van der Waals surface area (Å²) in [5, 5.41) is 8.23. The zero-order chi connectivity index (χ0) is 15.4. The fourth-order valence-electron chi connectivity index (χ4n) is 2.64. The lowest BCUT2D eigenvalue weighted by Gasteiger charge is -2.31. The van der Waals surface area contributed by atoms with Gasteiger partial charge in [-0.3, -0.25) is 0 Å². The van der Waals surface area contributed by atoms with Crippen LogP contribution >= 0.6 is 22.7 Å². The molecule has 22 heavy (non-hydrogen) atoms. The van der Waals surface area contributed by atoms with E-state index in [4.69, 9.17) is 0 Å². The van der Waals surface area contributed by atoms with Crippen molar-refractivity contribution in [3.8, 4) is 0 Å². The summed E-state index contributed by atoms with van der Waals surface area (Å²) >= 11 is 3.27. The van der Waals surface area contributed by atoms with Crippen molar-refractivity contribution in [2.45, 2.75) is 38.6 Å². The maximum Gasteiger partial charge on any atom is 0.317 e. The van der Waals surface area contributed by atoms with Gasteiger partial charge in [0.1, 0.15) is 0 Å². The average molecular weight is 336 g/mol. The number of thiazole rings is 2. The molecule has 118 valence electrons. The first-order valence-electron chi connectivity index (χ1n) is 7.60. The third-order valence-corrected chi connectivity index (χ3v) is 5.59. The predicted molar refractivity (Wildman–Crippen MR) is 89.4 cm³/mol. The van der Waals surface area contributed by atoms with Gasteiger partial charge in [0.25, 0.3) is 0 Å². The van der Waals surface area contributed by atoms with E-state index in [2.05, 4.69) is 27.6 Å². The lowest BCUT2D eigenvalue weighted by Crippen LogP contribution is -2.44.